The second kappa shape index (κ2) is 9.16. The lowest BCUT2D eigenvalue weighted by atomic mass is 10.0. The molecule has 1 N–H and O–H groups in total. The third-order valence-corrected chi connectivity index (χ3v) is 6.39. The first kappa shape index (κ1) is 22.5. The van der Waals surface area contributed by atoms with E-state index in [1.54, 1.807) is 6.92 Å². The molecule has 0 aromatic heterocycles. The zero-order valence-electron chi connectivity index (χ0n) is 16.3. The van der Waals surface area contributed by atoms with Gasteiger partial charge in [0.2, 0.25) is 15.9 Å². The molecule has 0 spiro atoms. The largest absolute Gasteiger partial charge is 0.324 e. The van der Waals surface area contributed by atoms with Crippen LogP contribution in [0.5, 0.6) is 0 Å². The fourth-order valence-electron chi connectivity index (χ4n) is 3.09. The maximum atomic E-state index is 13.1. The number of para-hydroxylation sites is 1. The summed E-state index contributed by atoms with van der Waals surface area (Å²) in [5.74, 6) is -0.400. The number of hydrogen-bond donors (Lipinski definition) is 1. The molecule has 1 atom stereocenters. The number of amides is 1. The highest BCUT2D eigenvalue weighted by Crippen LogP contribution is 2.31. The van der Waals surface area contributed by atoms with Gasteiger partial charge in [0.15, 0.2) is 0 Å². The Labute approximate surface area is 176 Å². The van der Waals surface area contributed by atoms with Gasteiger partial charge in [0, 0.05) is 5.69 Å². The van der Waals surface area contributed by atoms with E-state index < -0.39 is 22.0 Å². The molecule has 0 radical (unpaired) electrons. The molecule has 0 aliphatic carbocycles. The molecule has 152 valence electrons. The molecule has 0 saturated carbocycles. The summed E-state index contributed by atoms with van der Waals surface area (Å²) in [7, 11) is -3.75. The van der Waals surface area contributed by atoms with E-state index in [0.717, 1.165) is 33.8 Å². The number of aryl methyl sites for hydroxylation is 2. The van der Waals surface area contributed by atoms with E-state index >= 15 is 0 Å². The average Bonchev–Trinajstić information content (AvgIpc) is 2.62. The summed E-state index contributed by atoms with van der Waals surface area (Å²) >= 11 is 12.0. The predicted molar refractivity (Wildman–Crippen MR) is 117 cm³/mol. The van der Waals surface area contributed by atoms with Crippen LogP contribution in [0.4, 0.5) is 11.4 Å². The first-order valence-electron chi connectivity index (χ1n) is 8.93. The summed E-state index contributed by atoms with van der Waals surface area (Å²) < 4.78 is 26.2. The Morgan fingerprint density at radius 3 is 2.36 bits per heavy atom. The first-order chi connectivity index (χ1) is 13.1. The van der Waals surface area contributed by atoms with Crippen molar-refractivity contribution in [3.8, 4) is 0 Å². The third-order valence-electron chi connectivity index (χ3n) is 4.48. The van der Waals surface area contributed by atoms with Crippen LogP contribution >= 0.6 is 23.2 Å². The molecule has 2 aromatic rings. The number of nitrogens with one attached hydrogen (secondary N) is 1. The number of rotatable bonds is 7. The van der Waals surface area contributed by atoms with E-state index in [1.165, 1.54) is 18.2 Å². The van der Waals surface area contributed by atoms with Crippen molar-refractivity contribution in [2.75, 3.05) is 15.9 Å². The van der Waals surface area contributed by atoms with Crippen LogP contribution in [0.3, 0.4) is 0 Å². The minimum atomic E-state index is -3.75. The molecular formula is C20H24Cl2N2O3S. The number of sulfonamides is 1. The smallest absolute Gasteiger partial charge is 0.248 e. The van der Waals surface area contributed by atoms with Gasteiger partial charge in [-0.2, -0.15) is 0 Å². The van der Waals surface area contributed by atoms with Crippen molar-refractivity contribution in [3.05, 3.63) is 57.6 Å². The molecule has 28 heavy (non-hydrogen) atoms. The lowest BCUT2D eigenvalue weighted by Gasteiger charge is -2.30. The Kier molecular flexibility index (Phi) is 7.37. The second-order valence-corrected chi connectivity index (χ2v) is 9.21. The van der Waals surface area contributed by atoms with Crippen LogP contribution in [-0.2, 0) is 21.2 Å². The minimum Gasteiger partial charge on any atom is -0.324 e. The van der Waals surface area contributed by atoms with Crippen LogP contribution in [0.15, 0.2) is 36.4 Å². The molecule has 2 rings (SSSR count). The molecule has 5 nitrogen and oxygen atoms in total. The third kappa shape index (κ3) is 4.99. The fraction of sp³-hybridized carbons (Fsp3) is 0.350. The molecule has 0 heterocycles. The predicted octanol–water partition coefficient (Wildman–Crippen LogP) is 5.05. The van der Waals surface area contributed by atoms with Crippen LogP contribution in [0.2, 0.25) is 10.0 Å². The Morgan fingerprint density at radius 2 is 1.82 bits per heavy atom. The van der Waals surface area contributed by atoms with E-state index in [2.05, 4.69) is 5.32 Å². The van der Waals surface area contributed by atoms with Crippen molar-refractivity contribution in [1.82, 2.24) is 0 Å². The Bertz CT molecular complexity index is 977. The van der Waals surface area contributed by atoms with Crippen molar-refractivity contribution in [3.63, 3.8) is 0 Å². The van der Waals surface area contributed by atoms with E-state index in [4.69, 9.17) is 23.2 Å². The van der Waals surface area contributed by atoms with Crippen molar-refractivity contribution in [2.24, 2.45) is 0 Å². The number of halogens is 2. The number of nitrogens with zero attached hydrogens (tertiary/aromatic N) is 1. The monoisotopic (exact) mass is 442 g/mol. The highest BCUT2D eigenvalue weighted by Gasteiger charge is 2.32. The van der Waals surface area contributed by atoms with E-state index in [1.807, 2.05) is 32.0 Å². The maximum Gasteiger partial charge on any atom is 0.248 e. The minimum absolute atomic E-state index is 0.218. The Balaban J connectivity index is 2.47. The molecule has 0 fully saturated rings. The zero-order valence-corrected chi connectivity index (χ0v) is 18.6. The lowest BCUT2D eigenvalue weighted by Crippen LogP contribution is -2.47. The summed E-state index contributed by atoms with van der Waals surface area (Å²) in [6, 6.07) is 9.34. The van der Waals surface area contributed by atoms with Gasteiger partial charge in [-0.15, -0.1) is 0 Å². The number of hydrogen-bond acceptors (Lipinski definition) is 3. The highest BCUT2D eigenvalue weighted by molar-refractivity contribution is 7.92. The van der Waals surface area contributed by atoms with Gasteiger partial charge in [-0.05, 0) is 49.1 Å². The molecule has 1 amide bonds. The molecule has 8 heteroatoms. The Morgan fingerprint density at radius 1 is 1.14 bits per heavy atom. The maximum absolute atomic E-state index is 13.1. The molecule has 2 aromatic carbocycles. The molecule has 0 aliphatic heterocycles. The van der Waals surface area contributed by atoms with Crippen LogP contribution in [0, 0.1) is 6.92 Å². The molecule has 0 saturated heterocycles. The van der Waals surface area contributed by atoms with Gasteiger partial charge in [-0.1, -0.05) is 55.2 Å². The van der Waals surface area contributed by atoms with Gasteiger partial charge in [0.25, 0.3) is 0 Å². The quantitative estimate of drug-likeness (QED) is 0.652. The molecule has 0 bridgehead atoms. The van der Waals surface area contributed by atoms with Crippen LogP contribution in [0.25, 0.3) is 0 Å². The zero-order chi connectivity index (χ0) is 21.1. The summed E-state index contributed by atoms with van der Waals surface area (Å²) in [6.07, 6.45) is 2.10. The second-order valence-electron chi connectivity index (χ2n) is 6.53. The van der Waals surface area contributed by atoms with Crippen molar-refractivity contribution in [2.45, 2.75) is 39.7 Å². The van der Waals surface area contributed by atoms with Crippen molar-refractivity contribution in [1.29, 1.82) is 0 Å². The number of carbonyl (C=O) groups excluding carboxylic acids is 1. The number of carbonyl (C=O) groups is 1. The van der Waals surface area contributed by atoms with Gasteiger partial charge in [-0.3, -0.25) is 9.10 Å². The fourth-order valence-corrected chi connectivity index (χ4v) is 4.59. The SMILES string of the molecule is CCc1cccc(C)c1NC(=O)[C@@H](CC)N(c1ccc(Cl)c(Cl)c1)S(C)(=O)=O. The van der Waals surface area contributed by atoms with Gasteiger partial charge < -0.3 is 5.32 Å². The van der Waals surface area contributed by atoms with Gasteiger partial charge in [-0.25, -0.2) is 8.42 Å². The summed E-state index contributed by atoms with van der Waals surface area (Å²) in [5, 5.41) is 3.45. The van der Waals surface area contributed by atoms with E-state index in [-0.39, 0.29) is 11.4 Å². The van der Waals surface area contributed by atoms with Crippen LogP contribution in [0.1, 0.15) is 31.4 Å². The van der Waals surface area contributed by atoms with E-state index in [9.17, 15) is 13.2 Å². The molecule has 0 unspecified atom stereocenters. The average molecular weight is 443 g/mol. The van der Waals surface area contributed by atoms with Crippen molar-refractivity contribution < 1.29 is 13.2 Å². The summed E-state index contributed by atoms with van der Waals surface area (Å²) in [5.41, 5.74) is 2.92. The van der Waals surface area contributed by atoms with E-state index in [0.29, 0.717) is 10.7 Å². The normalized spacial score (nSPS) is 12.5. The number of benzene rings is 2. The van der Waals surface area contributed by atoms with Gasteiger partial charge >= 0.3 is 0 Å². The Hall–Kier alpha value is -1.76. The van der Waals surface area contributed by atoms with Gasteiger partial charge in [0.05, 0.1) is 22.0 Å². The summed E-state index contributed by atoms with van der Waals surface area (Å²) in [4.78, 5) is 13.1. The van der Waals surface area contributed by atoms with Crippen LogP contribution in [-0.4, -0.2) is 26.6 Å². The van der Waals surface area contributed by atoms with Gasteiger partial charge in [0.1, 0.15) is 6.04 Å². The van der Waals surface area contributed by atoms with Crippen LogP contribution < -0.4 is 9.62 Å². The molecule has 0 aliphatic rings. The number of anilines is 2. The lowest BCUT2D eigenvalue weighted by molar-refractivity contribution is -0.117. The summed E-state index contributed by atoms with van der Waals surface area (Å²) in [6.45, 7) is 5.67. The standard InChI is InChI=1S/C20H24Cl2N2O3S/c1-5-14-9-7-8-13(3)19(14)23-20(25)18(6-2)24(28(4,26)27)15-10-11-16(21)17(22)12-15/h7-12,18H,5-6H2,1-4H3,(H,23,25)/t18-/m1/s1. The topological polar surface area (TPSA) is 66.5 Å². The molecular weight excluding hydrogens is 419 g/mol. The highest BCUT2D eigenvalue weighted by atomic mass is 35.5. The van der Waals surface area contributed by atoms with Crippen molar-refractivity contribution >= 4 is 50.5 Å². The first-order valence-corrected chi connectivity index (χ1v) is 11.5.